The van der Waals surface area contributed by atoms with Crippen molar-refractivity contribution < 1.29 is 9.90 Å². The summed E-state index contributed by atoms with van der Waals surface area (Å²) in [5.41, 5.74) is 0.839. The van der Waals surface area contributed by atoms with Gasteiger partial charge in [-0.05, 0) is 57.6 Å². The molecule has 0 radical (unpaired) electrons. The van der Waals surface area contributed by atoms with Crippen molar-refractivity contribution in [2.75, 3.05) is 0 Å². The molecule has 20 heavy (non-hydrogen) atoms. The van der Waals surface area contributed by atoms with Gasteiger partial charge in [-0.3, -0.25) is 4.79 Å². The van der Waals surface area contributed by atoms with Gasteiger partial charge in [0.15, 0.2) is 5.82 Å². The maximum Gasteiger partial charge on any atom is 0.306 e. The molecule has 1 N–H and O–H groups in total. The van der Waals surface area contributed by atoms with Gasteiger partial charge in [0.1, 0.15) is 0 Å². The number of aliphatic carboxylic acids is 1. The predicted molar refractivity (Wildman–Crippen MR) is 82.4 cm³/mol. The molecule has 0 saturated heterocycles. The zero-order valence-electron chi connectivity index (χ0n) is 10.6. The Morgan fingerprint density at radius 2 is 2.30 bits per heavy atom. The highest BCUT2D eigenvalue weighted by Gasteiger charge is 2.16. The number of nitrogens with zero attached hydrogens (tertiary/aromatic N) is 4. The fourth-order valence-electron chi connectivity index (χ4n) is 1.66. The summed E-state index contributed by atoms with van der Waals surface area (Å²) in [4.78, 5) is 10.8. The summed E-state index contributed by atoms with van der Waals surface area (Å²) >= 11 is 8.18. The number of rotatable bonds is 5. The second-order valence-electron chi connectivity index (χ2n) is 4.38. The molecule has 0 aliphatic rings. The number of hydrogen-bond donors (Lipinski definition) is 1. The molecule has 8 heteroatoms. The number of halogens is 2. The van der Waals surface area contributed by atoms with Crippen molar-refractivity contribution in [3.63, 3.8) is 0 Å². The van der Waals surface area contributed by atoms with Crippen molar-refractivity contribution in [1.82, 2.24) is 20.2 Å². The third-order valence-electron chi connectivity index (χ3n) is 2.90. The maximum absolute atomic E-state index is 10.8. The number of tetrazole rings is 1. The average molecular weight is 407 g/mol. The van der Waals surface area contributed by atoms with Gasteiger partial charge in [0.25, 0.3) is 0 Å². The lowest BCUT2D eigenvalue weighted by atomic mass is 10.1. The molecule has 2 rings (SSSR count). The zero-order chi connectivity index (χ0) is 14.7. The standard InChI is InChI=1S/C12H12ClIN4O2/c1-7(12(19)20)4-5-18-11(15-16-17-18)9-6-8(13)2-3-10(9)14/h2-3,6-7H,4-5H2,1H3,(H,19,20). The molecule has 1 heterocycles. The van der Waals surface area contributed by atoms with Crippen LogP contribution in [-0.4, -0.2) is 31.3 Å². The molecule has 0 aliphatic heterocycles. The van der Waals surface area contributed by atoms with Crippen molar-refractivity contribution >= 4 is 40.2 Å². The number of carboxylic acids is 1. The summed E-state index contributed by atoms with van der Waals surface area (Å²) < 4.78 is 2.59. The van der Waals surface area contributed by atoms with Crippen molar-refractivity contribution in [3.05, 3.63) is 26.8 Å². The number of aryl methyl sites for hydroxylation is 1. The first-order valence-electron chi connectivity index (χ1n) is 5.93. The summed E-state index contributed by atoms with van der Waals surface area (Å²) in [6, 6.07) is 5.48. The van der Waals surface area contributed by atoms with Crippen LogP contribution >= 0.6 is 34.2 Å². The number of carboxylic acid groups (broad SMARTS) is 1. The lowest BCUT2D eigenvalue weighted by Gasteiger charge is -2.08. The molecule has 1 atom stereocenters. The maximum atomic E-state index is 10.8. The van der Waals surface area contributed by atoms with Crippen LogP contribution in [0, 0.1) is 9.49 Å². The highest BCUT2D eigenvalue weighted by Crippen LogP contribution is 2.26. The first kappa shape index (κ1) is 15.2. The molecule has 0 aliphatic carbocycles. The monoisotopic (exact) mass is 406 g/mol. The van der Waals surface area contributed by atoms with E-state index in [0.717, 1.165) is 9.13 Å². The van der Waals surface area contributed by atoms with Crippen LogP contribution in [0.15, 0.2) is 18.2 Å². The minimum atomic E-state index is -0.822. The number of hydrogen-bond acceptors (Lipinski definition) is 4. The van der Waals surface area contributed by atoms with Crippen molar-refractivity contribution in [3.8, 4) is 11.4 Å². The zero-order valence-corrected chi connectivity index (χ0v) is 13.5. The molecule has 0 amide bonds. The van der Waals surface area contributed by atoms with Crippen LogP contribution in [0.1, 0.15) is 13.3 Å². The Bertz CT molecular complexity index is 632. The summed E-state index contributed by atoms with van der Waals surface area (Å²) in [6.45, 7) is 2.11. The summed E-state index contributed by atoms with van der Waals surface area (Å²) in [7, 11) is 0. The lowest BCUT2D eigenvalue weighted by molar-refractivity contribution is -0.141. The quantitative estimate of drug-likeness (QED) is 0.772. The van der Waals surface area contributed by atoms with Crippen LogP contribution in [0.5, 0.6) is 0 Å². The van der Waals surface area contributed by atoms with Gasteiger partial charge in [0.05, 0.1) is 5.92 Å². The summed E-state index contributed by atoms with van der Waals surface area (Å²) in [5.74, 6) is -0.670. The third-order valence-corrected chi connectivity index (χ3v) is 4.07. The fraction of sp³-hybridized carbons (Fsp3) is 0.333. The van der Waals surface area contributed by atoms with E-state index < -0.39 is 11.9 Å². The fourth-order valence-corrected chi connectivity index (χ4v) is 2.41. The van der Waals surface area contributed by atoms with Gasteiger partial charge in [-0.15, -0.1) is 5.10 Å². The van der Waals surface area contributed by atoms with Gasteiger partial charge in [0.2, 0.25) is 0 Å². The highest BCUT2D eigenvalue weighted by molar-refractivity contribution is 14.1. The first-order valence-corrected chi connectivity index (χ1v) is 7.39. The Morgan fingerprint density at radius 1 is 1.55 bits per heavy atom. The minimum absolute atomic E-state index is 0.439. The smallest absolute Gasteiger partial charge is 0.306 e. The molecule has 0 bridgehead atoms. The SMILES string of the molecule is CC(CCn1nnnc1-c1cc(Cl)ccc1I)C(=O)O. The number of carbonyl (C=O) groups is 1. The van der Waals surface area contributed by atoms with Gasteiger partial charge in [-0.25, -0.2) is 4.68 Å². The van der Waals surface area contributed by atoms with Crippen molar-refractivity contribution in [2.24, 2.45) is 5.92 Å². The normalized spacial score (nSPS) is 12.3. The van der Waals surface area contributed by atoms with E-state index in [4.69, 9.17) is 16.7 Å². The Labute approximate surface area is 134 Å². The van der Waals surface area contributed by atoms with E-state index in [2.05, 4.69) is 38.1 Å². The van der Waals surface area contributed by atoms with E-state index in [1.54, 1.807) is 23.7 Å². The largest absolute Gasteiger partial charge is 0.481 e. The average Bonchev–Trinajstić information content (AvgIpc) is 2.86. The van der Waals surface area contributed by atoms with Gasteiger partial charge >= 0.3 is 5.97 Å². The van der Waals surface area contributed by atoms with Crippen LogP contribution in [-0.2, 0) is 11.3 Å². The van der Waals surface area contributed by atoms with E-state index in [0.29, 0.717) is 23.8 Å². The van der Waals surface area contributed by atoms with E-state index in [1.807, 2.05) is 6.07 Å². The Hall–Kier alpha value is -1.22. The minimum Gasteiger partial charge on any atom is -0.481 e. The van der Waals surface area contributed by atoms with Crippen molar-refractivity contribution in [2.45, 2.75) is 19.9 Å². The number of benzene rings is 1. The highest BCUT2D eigenvalue weighted by atomic mass is 127. The molecule has 1 aromatic carbocycles. The molecule has 0 saturated carbocycles. The molecule has 106 valence electrons. The topological polar surface area (TPSA) is 80.9 Å². The van der Waals surface area contributed by atoms with E-state index in [-0.39, 0.29) is 0 Å². The predicted octanol–water partition coefficient (Wildman–Crippen LogP) is 2.71. The van der Waals surface area contributed by atoms with Crippen LogP contribution < -0.4 is 0 Å². The van der Waals surface area contributed by atoms with Gasteiger partial charge in [-0.2, -0.15) is 0 Å². The molecule has 2 aromatic rings. The molecule has 0 fully saturated rings. The van der Waals surface area contributed by atoms with Gasteiger partial charge < -0.3 is 5.11 Å². The molecular weight excluding hydrogens is 395 g/mol. The third kappa shape index (κ3) is 3.45. The lowest BCUT2D eigenvalue weighted by Crippen LogP contribution is -2.14. The Morgan fingerprint density at radius 3 is 3.00 bits per heavy atom. The molecule has 0 spiro atoms. The van der Waals surface area contributed by atoms with Crippen LogP contribution in [0.2, 0.25) is 5.02 Å². The van der Waals surface area contributed by atoms with Crippen molar-refractivity contribution in [1.29, 1.82) is 0 Å². The Kier molecular flexibility index (Phi) is 4.92. The number of aromatic nitrogens is 4. The van der Waals surface area contributed by atoms with Gasteiger partial charge in [0, 0.05) is 20.7 Å². The molecule has 1 unspecified atom stereocenters. The Balaban J connectivity index is 2.24. The molecular formula is C12H12ClIN4O2. The van der Waals surface area contributed by atoms with Crippen LogP contribution in [0.3, 0.4) is 0 Å². The second-order valence-corrected chi connectivity index (χ2v) is 5.98. The van der Waals surface area contributed by atoms with E-state index in [1.165, 1.54) is 0 Å². The van der Waals surface area contributed by atoms with Crippen LogP contribution in [0.4, 0.5) is 0 Å². The van der Waals surface area contributed by atoms with Gasteiger partial charge in [-0.1, -0.05) is 18.5 Å². The summed E-state index contributed by atoms with van der Waals surface area (Å²) in [5, 5.41) is 21.1. The second kappa shape index (κ2) is 6.49. The van der Waals surface area contributed by atoms with Crippen LogP contribution in [0.25, 0.3) is 11.4 Å². The molecule has 6 nitrogen and oxygen atoms in total. The van der Waals surface area contributed by atoms with E-state index >= 15 is 0 Å². The first-order chi connectivity index (χ1) is 9.49. The van der Waals surface area contributed by atoms with E-state index in [9.17, 15) is 4.79 Å². The summed E-state index contributed by atoms with van der Waals surface area (Å²) in [6.07, 6.45) is 0.463. The molecule has 1 aromatic heterocycles.